The van der Waals surface area contributed by atoms with Gasteiger partial charge in [0.05, 0.1) is 33.7 Å². The molecule has 1 heterocycles. The van der Waals surface area contributed by atoms with Crippen molar-refractivity contribution in [3.63, 3.8) is 0 Å². The normalized spacial score (nSPS) is 14.4. The van der Waals surface area contributed by atoms with E-state index in [4.69, 9.17) is 23.1 Å². The van der Waals surface area contributed by atoms with Crippen LogP contribution in [0.1, 0.15) is 40.4 Å². The lowest BCUT2D eigenvalue weighted by Crippen LogP contribution is -2.24. The molecular weight excluding hydrogens is 359 g/mol. The highest BCUT2D eigenvalue weighted by molar-refractivity contribution is 6.31. The fraction of sp³-hybridized carbons (Fsp3) is 0.267. The summed E-state index contributed by atoms with van der Waals surface area (Å²) in [6.45, 7) is 0. The number of carbonyl (C=O) groups excluding carboxylic acids is 1. The zero-order valence-electron chi connectivity index (χ0n) is 12.7. The SMILES string of the molecule is NC(N)=NC(=O)c1cnn(-c2cccc(Cl)c2C(F)(F)F)c1C1CC1. The zero-order chi connectivity index (χ0) is 18.4. The maximum atomic E-state index is 13.4. The molecule has 0 atom stereocenters. The van der Waals surface area contributed by atoms with E-state index in [1.165, 1.54) is 18.3 Å². The molecule has 6 nitrogen and oxygen atoms in total. The Morgan fingerprint density at radius 1 is 1.32 bits per heavy atom. The van der Waals surface area contributed by atoms with Crippen LogP contribution in [0.2, 0.25) is 5.02 Å². The van der Waals surface area contributed by atoms with Crippen LogP contribution in [0.3, 0.4) is 0 Å². The number of nitrogens with zero attached hydrogens (tertiary/aromatic N) is 3. The molecule has 25 heavy (non-hydrogen) atoms. The van der Waals surface area contributed by atoms with Crippen LogP contribution in [0.5, 0.6) is 0 Å². The van der Waals surface area contributed by atoms with Gasteiger partial charge in [0.1, 0.15) is 0 Å². The van der Waals surface area contributed by atoms with Gasteiger partial charge in [-0.15, -0.1) is 0 Å². The number of halogens is 4. The average Bonchev–Trinajstić information content (AvgIpc) is 3.23. The van der Waals surface area contributed by atoms with E-state index in [1.807, 2.05) is 0 Å². The third-order valence-corrected chi connectivity index (χ3v) is 4.05. The Morgan fingerprint density at radius 3 is 2.56 bits per heavy atom. The van der Waals surface area contributed by atoms with Gasteiger partial charge in [0.2, 0.25) is 0 Å². The molecule has 1 saturated carbocycles. The van der Waals surface area contributed by atoms with Crippen molar-refractivity contribution in [3.8, 4) is 5.69 Å². The summed E-state index contributed by atoms with van der Waals surface area (Å²) in [6.07, 6.45) is -2.04. The molecule has 0 radical (unpaired) electrons. The van der Waals surface area contributed by atoms with Crippen LogP contribution < -0.4 is 11.5 Å². The third kappa shape index (κ3) is 3.32. The highest BCUT2D eigenvalue weighted by atomic mass is 35.5. The molecule has 4 N–H and O–H groups in total. The minimum atomic E-state index is -4.68. The van der Waals surface area contributed by atoms with Gasteiger partial charge >= 0.3 is 6.18 Å². The molecule has 1 amide bonds. The molecule has 1 aliphatic rings. The van der Waals surface area contributed by atoms with Gasteiger partial charge < -0.3 is 11.5 Å². The summed E-state index contributed by atoms with van der Waals surface area (Å²) in [6, 6.07) is 3.80. The van der Waals surface area contributed by atoms with E-state index in [-0.39, 0.29) is 17.2 Å². The molecule has 1 aromatic heterocycles. The quantitative estimate of drug-likeness (QED) is 0.640. The first-order chi connectivity index (χ1) is 11.7. The van der Waals surface area contributed by atoms with Gasteiger partial charge in [0.25, 0.3) is 5.91 Å². The number of guanidine groups is 1. The van der Waals surface area contributed by atoms with Gasteiger partial charge in [-0.25, -0.2) is 4.68 Å². The van der Waals surface area contributed by atoms with E-state index >= 15 is 0 Å². The molecule has 3 rings (SSSR count). The number of alkyl halides is 3. The van der Waals surface area contributed by atoms with E-state index in [9.17, 15) is 18.0 Å². The lowest BCUT2D eigenvalue weighted by Gasteiger charge is -2.16. The van der Waals surface area contributed by atoms with E-state index in [0.717, 1.165) is 23.6 Å². The Hall–Kier alpha value is -2.55. The maximum Gasteiger partial charge on any atom is 0.419 e. The summed E-state index contributed by atoms with van der Waals surface area (Å²) >= 11 is 5.77. The fourth-order valence-corrected chi connectivity index (χ4v) is 2.89. The van der Waals surface area contributed by atoms with Gasteiger partial charge in [-0.1, -0.05) is 17.7 Å². The Kier molecular flexibility index (Phi) is 4.19. The van der Waals surface area contributed by atoms with Crippen LogP contribution >= 0.6 is 11.6 Å². The molecule has 10 heteroatoms. The van der Waals surface area contributed by atoms with Crippen molar-refractivity contribution in [2.75, 3.05) is 0 Å². The molecule has 2 aromatic rings. The van der Waals surface area contributed by atoms with Gasteiger partial charge in [-0.3, -0.25) is 4.79 Å². The first kappa shape index (κ1) is 17.3. The smallest absolute Gasteiger partial charge is 0.370 e. The number of carbonyl (C=O) groups is 1. The number of rotatable bonds is 3. The molecule has 0 bridgehead atoms. The predicted molar refractivity (Wildman–Crippen MR) is 85.7 cm³/mol. The van der Waals surface area contributed by atoms with E-state index < -0.39 is 28.6 Å². The molecule has 0 aliphatic heterocycles. The molecule has 1 aromatic carbocycles. The second-order valence-electron chi connectivity index (χ2n) is 5.60. The van der Waals surface area contributed by atoms with Crippen molar-refractivity contribution in [2.45, 2.75) is 24.9 Å². The second kappa shape index (κ2) is 6.07. The topological polar surface area (TPSA) is 99.3 Å². The number of hydrogen-bond donors (Lipinski definition) is 2. The Balaban J connectivity index is 2.21. The Labute approximate surface area is 145 Å². The summed E-state index contributed by atoms with van der Waals surface area (Å²) in [5.41, 5.74) is 9.58. The number of nitrogens with two attached hydrogens (primary N) is 2. The first-order valence-electron chi connectivity index (χ1n) is 7.28. The van der Waals surface area contributed by atoms with Crippen LogP contribution in [0.4, 0.5) is 13.2 Å². The third-order valence-electron chi connectivity index (χ3n) is 3.73. The second-order valence-corrected chi connectivity index (χ2v) is 6.01. The monoisotopic (exact) mass is 371 g/mol. The van der Waals surface area contributed by atoms with Crippen LogP contribution in [-0.2, 0) is 6.18 Å². The molecule has 0 saturated heterocycles. The largest absolute Gasteiger partial charge is 0.419 e. The number of amides is 1. The van der Waals surface area contributed by atoms with Gasteiger partial charge in [0, 0.05) is 5.92 Å². The first-order valence-corrected chi connectivity index (χ1v) is 7.66. The number of hydrogen-bond acceptors (Lipinski definition) is 2. The Bertz CT molecular complexity index is 867. The summed E-state index contributed by atoms with van der Waals surface area (Å²) in [4.78, 5) is 15.6. The minimum absolute atomic E-state index is 0.0731. The Morgan fingerprint density at radius 2 is 2.00 bits per heavy atom. The van der Waals surface area contributed by atoms with Crippen molar-refractivity contribution in [2.24, 2.45) is 16.5 Å². The standard InChI is InChI=1S/C15H13ClF3N5O/c16-9-2-1-3-10(11(9)15(17,18)19)24-12(7-4-5-7)8(6-22-24)13(25)23-14(20)21/h1-3,6-7H,4-5H2,(H4,20,21,23,25). The van der Waals surface area contributed by atoms with E-state index in [0.29, 0.717) is 5.69 Å². The van der Waals surface area contributed by atoms with Crippen LogP contribution in [0, 0.1) is 0 Å². The summed E-state index contributed by atoms with van der Waals surface area (Å²) in [5.74, 6) is -1.27. The average molecular weight is 372 g/mol. The van der Waals surface area contributed by atoms with Crippen molar-refractivity contribution >= 4 is 23.5 Å². The van der Waals surface area contributed by atoms with E-state index in [1.54, 1.807) is 0 Å². The molecule has 1 fully saturated rings. The highest BCUT2D eigenvalue weighted by Gasteiger charge is 2.39. The zero-order valence-corrected chi connectivity index (χ0v) is 13.5. The lowest BCUT2D eigenvalue weighted by molar-refractivity contribution is -0.137. The van der Waals surface area contributed by atoms with Crippen LogP contribution in [0.25, 0.3) is 5.69 Å². The number of benzene rings is 1. The van der Waals surface area contributed by atoms with Crippen molar-refractivity contribution in [1.29, 1.82) is 0 Å². The molecule has 0 unspecified atom stereocenters. The number of aliphatic imine (C=N–C) groups is 1. The fourth-order valence-electron chi connectivity index (χ4n) is 2.61. The summed E-state index contributed by atoms with van der Waals surface area (Å²) in [5, 5.41) is 3.53. The van der Waals surface area contributed by atoms with Crippen LogP contribution in [-0.4, -0.2) is 21.6 Å². The minimum Gasteiger partial charge on any atom is -0.370 e. The molecule has 0 spiro atoms. The van der Waals surface area contributed by atoms with Crippen LogP contribution in [0.15, 0.2) is 29.4 Å². The summed E-state index contributed by atoms with van der Waals surface area (Å²) < 4.78 is 41.4. The molecule has 132 valence electrons. The van der Waals surface area contributed by atoms with Crippen molar-refractivity contribution in [3.05, 3.63) is 46.2 Å². The summed E-state index contributed by atoms with van der Waals surface area (Å²) in [7, 11) is 0. The lowest BCUT2D eigenvalue weighted by atomic mass is 10.1. The number of aromatic nitrogens is 2. The molecular formula is C15H13ClF3N5O. The van der Waals surface area contributed by atoms with Gasteiger partial charge in [0.15, 0.2) is 5.96 Å². The maximum absolute atomic E-state index is 13.4. The van der Waals surface area contributed by atoms with Gasteiger partial charge in [-0.2, -0.15) is 23.3 Å². The van der Waals surface area contributed by atoms with E-state index in [2.05, 4.69) is 10.1 Å². The van der Waals surface area contributed by atoms with Crippen molar-refractivity contribution < 1.29 is 18.0 Å². The van der Waals surface area contributed by atoms with Crippen molar-refractivity contribution in [1.82, 2.24) is 9.78 Å². The predicted octanol–water partition coefficient (Wildman–Crippen LogP) is 2.84. The van der Waals surface area contributed by atoms with Gasteiger partial charge in [-0.05, 0) is 25.0 Å². The molecule has 1 aliphatic carbocycles. The highest BCUT2D eigenvalue weighted by Crippen LogP contribution is 2.45.